The Morgan fingerprint density at radius 3 is 0.536 bits per heavy atom. The van der Waals surface area contributed by atoms with Gasteiger partial charge in [-0.15, -0.1) is 0 Å². The predicted octanol–water partition coefficient (Wildman–Crippen LogP) is -13.7. The van der Waals surface area contributed by atoms with Crippen molar-refractivity contribution in [1.82, 2.24) is 0 Å². The Balaban J connectivity index is 5.87. The first-order valence-corrected chi connectivity index (χ1v) is 92.4. The fourth-order valence-corrected chi connectivity index (χ4v) is 355. The van der Waals surface area contributed by atoms with E-state index in [0.29, 0.717) is 0 Å². The summed E-state index contributed by atoms with van der Waals surface area (Å²) < 4.78 is 374. The standard InChI is InChI=1S/C6H20O32Si31/c1-35-69(36-2,37-3)38-39-40(7)41(8)42(9)43(10)44(11)45(12)46(13)47(14)48(15)49(16)50(17)51(18)52(19)53(20)54(21)55(22)56(23)57(24)58(25)59(26)60(27)61(28)62(29)63(30)64(31)65(32)66(33)67(34)68(4,5)6/h39H2,1-6H3. The van der Waals surface area contributed by atoms with E-state index in [4.69, 9.17) is 17.4 Å². The van der Waals surface area contributed by atoms with Crippen LogP contribution in [0.5, 0.6) is 0 Å². The van der Waals surface area contributed by atoms with E-state index >= 15 is 0 Å². The molecule has 0 aromatic heterocycles. The lowest BCUT2D eigenvalue weighted by molar-refractivity contribution is 0.0534. The topological polar surface area (TPSA) is 515 Å². The average molecular weight is 1470 g/mol. The maximum absolute atomic E-state index is 12.7. The number of hydrogen-bond donors (Lipinski definition) is 0. The molecule has 0 aliphatic carbocycles. The molecule has 0 bridgehead atoms. The summed E-state index contributed by atoms with van der Waals surface area (Å²) in [5.41, 5.74) is 0. The van der Waals surface area contributed by atoms with Crippen molar-refractivity contribution in [2.45, 2.75) is 19.6 Å². The van der Waals surface area contributed by atoms with Crippen LogP contribution in [0.2, 0.25) is 19.6 Å². The van der Waals surface area contributed by atoms with Crippen molar-refractivity contribution in [3.63, 3.8) is 0 Å². The summed E-state index contributed by atoms with van der Waals surface area (Å²) in [4.78, 5) is 0. The van der Waals surface area contributed by atoms with Gasteiger partial charge in [-0.1, -0.05) is 19.6 Å². The first kappa shape index (κ1) is 70.0. The number of rotatable bonds is 34. The third kappa shape index (κ3) is 18.3. The molecular weight excluding hydrogens is 1450 g/mol. The van der Waals surface area contributed by atoms with Crippen molar-refractivity contribution in [2.75, 3.05) is 21.3 Å². The Bertz CT molecular complexity index is 2740. The molecule has 0 spiro atoms. The van der Waals surface area contributed by atoms with Gasteiger partial charge in [0.1, 0.15) is 7.59 Å². The van der Waals surface area contributed by atoms with Crippen LogP contribution in [-0.4, -0.2) is 263 Å². The normalized spacial score (nSPS) is 10.8. The van der Waals surface area contributed by atoms with Gasteiger partial charge in [0.25, 0.3) is 0 Å². The molecule has 69 heavy (non-hydrogen) atoms. The molecule has 0 N–H and O–H groups in total. The van der Waals surface area contributed by atoms with E-state index in [2.05, 4.69) is 0 Å². The van der Waals surface area contributed by atoms with E-state index in [9.17, 15) is 125 Å². The quantitative estimate of drug-likeness (QED) is 0.0540. The molecule has 0 unspecified atom stereocenters. The highest BCUT2D eigenvalue weighted by Crippen LogP contribution is 2.06. The van der Waals surface area contributed by atoms with Crippen molar-refractivity contribution < 1.29 is 142 Å². The molecule has 0 aliphatic heterocycles. The Labute approximate surface area is 421 Å². The zero-order valence-electron chi connectivity index (χ0n) is 34.8. The molecular formula is C6H20O32Si31. The zero-order valence-corrected chi connectivity index (χ0v) is 66.2. The summed E-state index contributed by atoms with van der Waals surface area (Å²) in [6.07, 6.45) is 0. The molecule has 0 fully saturated rings. The lowest BCUT2D eigenvalue weighted by Crippen LogP contribution is -2.58. The molecule has 0 atom stereocenters. The van der Waals surface area contributed by atoms with Gasteiger partial charge in [0.05, 0.1) is 0 Å². The van der Waals surface area contributed by atoms with Crippen LogP contribution in [-0.2, 0) is 142 Å². The van der Waals surface area contributed by atoms with E-state index < -0.39 is 242 Å². The zero-order chi connectivity index (χ0) is 54.7. The van der Waals surface area contributed by atoms with Crippen LogP contribution in [0.1, 0.15) is 0 Å². The lowest BCUT2D eigenvalue weighted by atomic mass is 11.8. The first-order valence-electron chi connectivity index (χ1n) is 16.9. The van der Waals surface area contributed by atoms with Crippen LogP contribution >= 0.6 is 0 Å². The van der Waals surface area contributed by atoms with Gasteiger partial charge in [-0.05, 0) is 0 Å². The summed E-state index contributed by atoms with van der Waals surface area (Å²) >= 11 is 0. The van der Waals surface area contributed by atoms with Crippen molar-refractivity contribution in [3.05, 3.63) is 0 Å². The molecule has 0 radical (unpaired) electrons. The highest BCUT2D eigenvalue weighted by molar-refractivity contribution is 7.84. The second kappa shape index (κ2) is 30.6. The van der Waals surface area contributed by atoms with E-state index in [1.807, 2.05) is 0 Å². The van der Waals surface area contributed by atoms with Gasteiger partial charge in [-0.3, -0.25) is 0 Å². The van der Waals surface area contributed by atoms with Gasteiger partial charge in [0.15, 0.2) is 0 Å². The van der Waals surface area contributed by atoms with Crippen molar-refractivity contribution in [3.8, 4) is 0 Å². The summed E-state index contributed by atoms with van der Waals surface area (Å²) in [6.45, 7) is 4.36. The monoisotopic (exact) mass is 1470 g/mol. The lowest BCUT2D eigenvalue weighted by Gasteiger charge is -2.22. The van der Waals surface area contributed by atoms with E-state index in [1.165, 1.54) is 19.6 Å². The minimum absolute atomic E-state index is 1.07. The van der Waals surface area contributed by atoms with Crippen LogP contribution in [0.4, 0.5) is 0 Å². The van der Waals surface area contributed by atoms with Crippen molar-refractivity contribution in [1.29, 1.82) is 0 Å². The third-order valence-electron chi connectivity index (χ3n) is 7.43. The third-order valence-corrected chi connectivity index (χ3v) is 245. The predicted molar refractivity (Wildman–Crippen MR) is 240 cm³/mol. The second-order valence-electron chi connectivity index (χ2n) is 13.0. The molecule has 0 rings (SSSR count). The molecule has 32 nitrogen and oxygen atoms in total. The Hall–Kier alpha value is 0.963. The van der Waals surface area contributed by atoms with Crippen LogP contribution < -0.4 is 0 Å². The first-order chi connectivity index (χ1) is 31.4. The minimum Gasteiger partial charge on any atom is -0.395 e. The van der Waals surface area contributed by atoms with Crippen LogP contribution in [0, 0.1) is 0 Å². The average Bonchev–Trinajstić information content (AvgIpc) is 3.34. The Morgan fingerprint density at radius 1 is 0.246 bits per heavy atom. The fraction of sp³-hybridized carbons (Fsp3) is 1.00. The molecule has 0 saturated carbocycles. The Kier molecular flexibility index (Phi) is 31.1. The van der Waals surface area contributed by atoms with Gasteiger partial charge >= 0.3 is 225 Å². The fourth-order valence-electron chi connectivity index (χ4n) is 3.69. The van der Waals surface area contributed by atoms with Crippen LogP contribution in [0.25, 0.3) is 0 Å². The summed E-state index contributed by atoms with van der Waals surface area (Å²) in [5, 5.41) is 0. The molecule has 0 heterocycles. The largest absolute Gasteiger partial charge is 0.667 e. The molecule has 0 aromatic carbocycles. The van der Waals surface area contributed by atoms with E-state index in [-0.39, 0.29) is 0 Å². The summed E-state index contributed by atoms with van der Waals surface area (Å²) in [7, 11) is -128. The van der Waals surface area contributed by atoms with Gasteiger partial charge in [-0.25, -0.2) is 0 Å². The van der Waals surface area contributed by atoms with Crippen LogP contribution in [0.3, 0.4) is 0 Å². The molecule has 0 aliphatic rings. The highest BCUT2D eigenvalue weighted by atomic mass is 30.1. The van der Waals surface area contributed by atoms with Gasteiger partial charge in [-0.2, -0.15) is 0 Å². The van der Waals surface area contributed by atoms with Crippen molar-refractivity contribution >= 4 is 242 Å². The molecule has 360 valence electrons. The molecule has 0 amide bonds. The summed E-state index contributed by atoms with van der Waals surface area (Å²) in [6, 6.07) is 0. The SMILES string of the molecule is CO[Si](OC)(OC)O[SiH2][Si](=O)[Si](=O)[Si](=O)[Si](=O)[Si](=O)[Si](=O)[Si](=O)[Si](=O)[Si](=O)[Si](=O)[Si](=O)[Si](=O)[Si](=O)[Si](=O)[Si](=O)[Si](=O)[Si](=O)[Si](=O)[Si](=O)[Si](=O)[Si](=O)[Si](=O)[Si](=O)[Si](=O)[Si](=O)[Si](=O)[Si](=O)[Si](=O)[Si](C)(C)C. The molecule has 63 heteroatoms. The maximum atomic E-state index is 12.7. The summed E-state index contributed by atoms with van der Waals surface area (Å²) in [5.74, 6) is 0. The van der Waals surface area contributed by atoms with E-state index in [1.54, 1.807) is 0 Å². The smallest absolute Gasteiger partial charge is 0.395 e. The Morgan fingerprint density at radius 2 is 0.391 bits per heavy atom. The highest BCUT2D eigenvalue weighted by Gasteiger charge is 2.58. The van der Waals surface area contributed by atoms with Gasteiger partial charge < -0.3 is 142 Å². The van der Waals surface area contributed by atoms with Crippen LogP contribution in [0.15, 0.2) is 0 Å². The van der Waals surface area contributed by atoms with Crippen molar-refractivity contribution in [2.24, 2.45) is 0 Å². The maximum Gasteiger partial charge on any atom is 0.667 e. The minimum atomic E-state index is -4.68. The van der Waals surface area contributed by atoms with Gasteiger partial charge in [0, 0.05) is 21.3 Å². The van der Waals surface area contributed by atoms with Gasteiger partial charge in [0.2, 0.25) is 9.28 Å². The molecule has 0 aromatic rings. The second-order valence-corrected chi connectivity index (χ2v) is 165. The van der Waals surface area contributed by atoms with E-state index in [0.717, 1.165) is 21.3 Å². The molecule has 0 saturated heterocycles. The number of hydrogen-bond acceptors (Lipinski definition) is 32.